The first-order chi connectivity index (χ1) is 12.2. The van der Waals surface area contributed by atoms with Crippen LogP contribution in [0.2, 0.25) is 0 Å². The van der Waals surface area contributed by atoms with Gasteiger partial charge in [0.05, 0.1) is 12.1 Å². The zero-order valence-electron chi connectivity index (χ0n) is 14.4. The molecule has 4 heterocycles. The number of carbonyl (C=O) groups excluding carboxylic acids is 1. The van der Waals surface area contributed by atoms with Gasteiger partial charge in [-0.1, -0.05) is 6.07 Å². The molecule has 2 aliphatic heterocycles. The second-order valence-corrected chi connectivity index (χ2v) is 6.82. The molecule has 0 radical (unpaired) electrons. The zero-order chi connectivity index (χ0) is 17.2. The molecule has 0 aromatic carbocycles. The third kappa shape index (κ3) is 3.39. The first kappa shape index (κ1) is 16.1. The molecule has 2 aliphatic rings. The lowest BCUT2D eigenvalue weighted by molar-refractivity contribution is -0.0679. The Hall–Kier alpha value is -2.34. The van der Waals surface area contributed by atoms with Crippen LogP contribution < -0.4 is 5.32 Å². The largest absolute Gasteiger partial charge is 0.456 e. The number of anilines is 1. The number of piperidine rings is 1. The molecule has 2 aromatic heterocycles. The standard InChI is InChI=1S/C19H23N3O3/c1-13-7-8-16(25-13)19(23)22-11-14-5-4-10-24-18(14)15(12-22)21-17-6-2-3-9-20-17/h2-3,6-9,14-15,18H,4-5,10-12H2,1H3,(H,20,21)/t14-,15+,18-/m0/s1. The Kier molecular flexibility index (Phi) is 4.44. The molecule has 25 heavy (non-hydrogen) atoms. The Bertz CT molecular complexity index is 731. The summed E-state index contributed by atoms with van der Waals surface area (Å²) in [6, 6.07) is 9.38. The maximum Gasteiger partial charge on any atom is 0.289 e. The van der Waals surface area contributed by atoms with E-state index in [4.69, 9.17) is 9.15 Å². The van der Waals surface area contributed by atoms with Gasteiger partial charge in [-0.2, -0.15) is 0 Å². The van der Waals surface area contributed by atoms with Gasteiger partial charge in [-0.15, -0.1) is 0 Å². The predicted molar refractivity (Wildman–Crippen MR) is 93.5 cm³/mol. The van der Waals surface area contributed by atoms with Gasteiger partial charge in [0.25, 0.3) is 5.91 Å². The first-order valence-electron chi connectivity index (χ1n) is 8.85. The summed E-state index contributed by atoms with van der Waals surface area (Å²) in [4.78, 5) is 19.1. The number of nitrogens with zero attached hydrogens (tertiary/aromatic N) is 2. The van der Waals surface area contributed by atoms with Crippen LogP contribution in [0.3, 0.4) is 0 Å². The van der Waals surface area contributed by atoms with E-state index in [9.17, 15) is 4.79 Å². The third-order valence-corrected chi connectivity index (χ3v) is 5.00. The Morgan fingerprint density at radius 2 is 2.20 bits per heavy atom. The second kappa shape index (κ2) is 6.88. The fourth-order valence-electron chi connectivity index (χ4n) is 3.84. The summed E-state index contributed by atoms with van der Waals surface area (Å²) in [5, 5.41) is 3.46. The quantitative estimate of drug-likeness (QED) is 0.930. The van der Waals surface area contributed by atoms with Crippen LogP contribution in [0.4, 0.5) is 5.82 Å². The fourth-order valence-corrected chi connectivity index (χ4v) is 3.84. The highest BCUT2D eigenvalue weighted by atomic mass is 16.5. The first-order valence-corrected chi connectivity index (χ1v) is 8.85. The van der Waals surface area contributed by atoms with E-state index in [0.717, 1.165) is 31.0 Å². The number of nitrogens with one attached hydrogen (secondary N) is 1. The number of aromatic nitrogens is 1. The normalized spacial score (nSPS) is 26.1. The van der Waals surface area contributed by atoms with E-state index in [1.165, 1.54) is 0 Å². The molecule has 1 N–H and O–H groups in total. The van der Waals surface area contributed by atoms with Crippen LogP contribution >= 0.6 is 0 Å². The molecule has 2 fully saturated rings. The van der Waals surface area contributed by atoms with Crippen molar-refractivity contribution in [3.8, 4) is 0 Å². The molecule has 0 aliphatic carbocycles. The van der Waals surface area contributed by atoms with E-state index in [-0.39, 0.29) is 18.1 Å². The van der Waals surface area contributed by atoms with Crippen molar-refractivity contribution in [3.63, 3.8) is 0 Å². The van der Waals surface area contributed by atoms with Crippen LogP contribution in [0.1, 0.15) is 29.2 Å². The predicted octanol–water partition coefficient (Wildman–Crippen LogP) is 2.71. The Morgan fingerprint density at radius 3 is 2.96 bits per heavy atom. The van der Waals surface area contributed by atoms with Gasteiger partial charge in [0.2, 0.25) is 0 Å². The van der Waals surface area contributed by atoms with Gasteiger partial charge in [-0.05, 0) is 44.0 Å². The fraction of sp³-hybridized carbons (Fsp3) is 0.474. The Balaban J connectivity index is 1.54. The Morgan fingerprint density at radius 1 is 1.28 bits per heavy atom. The van der Waals surface area contributed by atoms with Crippen molar-refractivity contribution in [2.24, 2.45) is 5.92 Å². The van der Waals surface area contributed by atoms with Crippen LogP contribution in [-0.2, 0) is 4.74 Å². The van der Waals surface area contributed by atoms with Crippen molar-refractivity contribution in [3.05, 3.63) is 48.0 Å². The molecule has 3 atom stereocenters. The highest BCUT2D eigenvalue weighted by molar-refractivity contribution is 5.91. The number of hydrogen-bond donors (Lipinski definition) is 1. The molecule has 6 nitrogen and oxygen atoms in total. The van der Waals surface area contributed by atoms with E-state index in [0.29, 0.717) is 24.8 Å². The number of ether oxygens (including phenoxy) is 1. The minimum Gasteiger partial charge on any atom is -0.456 e. The van der Waals surface area contributed by atoms with Gasteiger partial charge in [0, 0.05) is 31.8 Å². The zero-order valence-corrected chi connectivity index (χ0v) is 14.4. The Labute approximate surface area is 147 Å². The number of carbonyl (C=O) groups is 1. The topological polar surface area (TPSA) is 67.6 Å². The number of pyridine rings is 1. The van der Waals surface area contributed by atoms with Crippen LogP contribution in [0.15, 0.2) is 40.9 Å². The molecule has 0 bridgehead atoms. The van der Waals surface area contributed by atoms with E-state index < -0.39 is 0 Å². The van der Waals surface area contributed by atoms with Gasteiger partial charge in [-0.3, -0.25) is 4.79 Å². The SMILES string of the molecule is Cc1ccc(C(=O)N2C[C@@H]3CCCO[C@@H]3[C@H](Nc3ccccn3)C2)o1. The lowest BCUT2D eigenvalue weighted by Gasteiger charge is -2.45. The second-order valence-electron chi connectivity index (χ2n) is 6.82. The number of aryl methyl sites for hydroxylation is 1. The summed E-state index contributed by atoms with van der Waals surface area (Å²) in [7, 11) is 0. The molecule has 0 unspecified atom stereocenters. The molecule has 1 amide bonds. The summed E-state index contributed by atoms with van der Waals surface area (Å²) in [5.74, 6) is 2.25. The van der Waals surface area contributed by atoms with Gasteiger partial charge in [0.15, 0.2) is 5.76 Å². The van der Waals surface area contributed by atoms with Crippen molar-refractivity contribution in [1.82, 2.24) is 9.88 Å². The van der Waals surface area contributed by atoms with E-state index in [1.54, 1.807) is 12.3 Å². The number of likely N-dealkylation sites (tertiary alicyclic amines) is 1. The molecule has 0 saturated carbocycles. The van der Waals surface area contributed by atoms with Gasteiger partial charge in [-0.25, -0.2) is 4.98 Å². The van der Waals surface area contributed by atoms with E-state index in [2.05, 4.69) is 10.3 Å². The number of hydrogen-bond acceptors (Lipinski definition) is 5. The van der Waals surface area contributed by atoms with Crippen molar-refractivity contribution in [1.29, 1.82) is 0 Å². The monoisotopic (exact) mass is 341 g/mol. The maximum atomic E-state index is 12.8. The average Bonchev–Trinajstić information content (AvgIpc) is 3.08. The summed E-state index contributed by atoms with van der Waals surface area (Å²) >= 11 is 0. The van der Waals surface area contributed by atoms with Crippen LogP contribution in [-0.4, -0.2) is 47.6 Å². The van der Waals surface area contributed by atoms with Crippen LogP contribution in [0, 0.1) is 12.8 Å². The number of amides is 1. The summed E-state index contributed by atoms with van der Waals surface area (Å²) in [6.45, 7) is 3.93. The molecular weight excluding hydrogens is 318 g/mol. The minimum atomic E-state index is -0.0510. The number of furan rings is 1. The van der Waals surface area contributed by atoms with Crippen molar-refractivity contribution in [2.45, 2.75) is 31.9 Å². The molecule has 2 saturated heterocycles. The van der Waals surface area contributed by atoms with Gasteiger partial charge in [0.1, 0.15) is 11.6 Å². The lowest BCUT2D eigenvalue weighted by Crippen LogP contribution is -2.59. The highest BCUT2D eigenvalue weighted by Crippen LogP contribution is 2.31. The van der Waals surface area contributed by atoms with Crippen LogP contribution in [0.5, 0.6) is 0 Å². The summed E-state index contributed by atoms with van der Waals surface area (Å²) < 4.78 is 11.6. The summed E-state index contributed by atoms with van der Waals surface area (Å²) in [6.07, 6.45) is 3.99. The van der Waals surface area contributed by atoms with Crippen molar-refractivity contribution >= 4 is 11.7 Å². The minimum absolute atomic E-state index is 0.0222. The molecular formula is C19H23N3O3. The van der Waals surface area contributed by atoms with Gasteiger partial charge < -0.3 is 19.4 Å². The number of rotatable bonds is 3. The smallest absolute Gasteiger partial charge is 0.289 e. The lowest BCUT2D eigenvalue weighted by atomic mass is 9.85. The average molecular weight is 341 g/mol. The molecule has 0 spiro atoms. The van der Waals surface area contributed by atoms with Crippen molar-refractivity contribution < 1.29 is 13.9 Å². The van der Waals surface area contributed by atoms with Crippen molar-refractivity contribution in [2.75, 3.05) is 25.0 Å². The van der Waals surface area contributed by atoms with Gasteiger partial charge >= 0.3 is 0 Å². The van der Waals surface area contributed by atoms with Crippen LogP contribution in [0.25, 0.3) is 0 Å². The number of fused-ring (bicyclic) bond motifs is 1. The molecule has 6 heteroatoms. The maximum absolute atomic E-state index is 12.8. The van der Waals surface area contributed by atoms with E-state index >= 15 is 0 Å². The van der Waals surface area contributed by atoms with E-state index in [1.807, 2.05) is 36.1 Å². The molecule has 4 rings (SSSR count). The highest BCUT2D eigenvalue weighted by Gasteiger charge is 2.41. The third-order valence-electron chi connectivity index (χ3n) is 5.00. The molecule has 132 valence electrons. The molecule has 2 aromatic rings. The summed E-state index contributed by atoms with van der Waals surface area (Å²) in [5.41, 5.74) is 0.